The van der Waals surface area contributed by atoms with Crippen LogP contribution in [0.5, 0.6) is 0 Å². The standard InChI is InChI=1S/C24H18N2O4P/c27-25(28)19-16-17-24(23(18-19)26(29)30)31(20-10-4-1-5-11-20,21-12-6-2-7-13-21)22-14-8-3-9-15-22/h1-18H/q+1. The Bertz CT molecular complexity index is 1140. The topological polar surface area (TPSA) is 86.3 Å². The zero-order valence-corrected chi connectivity index (χ0v) is 17.3. The van der Waals surface area contributed by atoms with Crippen molar-refractivity contribution in [2.45, 2.75) is 0 Å². The van der Waals surface area contributed by atoms with Gasteiger partial charge in [-0.1, -0.05) is 54.6 Å². The highest BCUT2D eigenvalue weighted by Gasteiger charge is 2.52. The van der Waals surface area contributed by atoms with Gasteiger partial charge < -0.3 is 0 Å². The van der Waals surface area contributed by atoms with E-state index in [1.807, 2.05) is 91.0 Å². The van der Waals surface area contributed by atoms with Gasteiger partial charge in [-0.15, -0.1) is 0 Å². The van der Waals surface area contributed by atoms with Crippen LogP contribution in [0.3, 0.4) is 0 Å². The fourth-order valence-electron chi connectivity index (χ4n) is 3.87. The fraction of sp³-hybridized carbons (Fsp3) is 0. The number of rotatable bonds is 6. The van der Waals surface area contributed by atoms with Crippen molar-refractivity contribution in [3.8, 4) is 0 Å². The number of nitro benzene ring substituents is 2. The molecule has 4 aromatic carbocycles. The van der Waals surface area contributed by atoms with Crippen LogP contribution in [0.15, 0.2) is 109 Å². The van der Waals surface area contributed by atoms with Crippen LogP contribution in [0.1, 0.15) is 0 Å². The van der Waals surface area contributed by atoms with Crippen LogP contribution in [-0.4, -0.2) is 9.85 Å². The van der Waals surface area contributed by atoms with Crippen molar-refractivity contribution in [1.29, 1.82) is 0 Å². The zero-order chi connectivity index (χ0) is 21.8. The van der Waals surface area contributed by atoms with Gasteiger partial charge >= 0.3 is 5.69 Å². The van der Waals surface area contributed by atoms with Crippen molar-refractivity contribution >= 4 is 39.9 Å². The lowest BCUT2D eigenvalue weighted by Gasteiger charge is -2.27. The molecule has 0 atom stereocenters. The Kier molecular flexibility index (Phi) is 5.56. The van der Waals surface area contributed by atoms with Gasteiger partial charge in [-0.25, -0.2) is 0 Å². The summed E-state index contributed by atoms with van der Waals surface area (Å²) in [6.45, 7) is 0. The van der Waals surface area contributed by atoms with Gasteiger partial charge in [0, 0.05) is 6.07 Å². The first-order valence-electron chi connectivity index (χ1n) is 9.54. The van der Waals surface area contributed by atoms with Crippen LogP contribution >= 0.6 is 7.26 Å². The molecule has 0 amide bonds. The highest BCUT2D eigenvalue weighted by Crippen LogP contribution is 2.56. The second-order valence-electron chi connectivity index (χ2n) is 6.86. The maximum absolute atomic E-state index is 12.1. The summed E-state index contributed by atoms with van der Waals surface area (Å²) in [7, 11) is -2.71. The summed E-state index contributed by atoms with van der Waals surface area (Å²) in [5.41, 5.74) is -0.554. The number of benzene rings is 4. The molecule has 0 saturated carbocycles. The Labute approximate surface area is 179 Å². The Morgan fingerprint density at radius 1 is 0.548 bits per heavy atom. The zero-order valence-electron chi connectivity index (χ0n) is 16.4. The predicted octanol–water partition coefficient (Wildman–Crippen LogP) is 4.12. The van der Waals surface area contributed by atoms with Crippen molar-refractivity contribution in [3.05, 3.63) is 129 Å². The molecule has 4 aromatic rings. The van der Waals surface area contributed by atoms with Crippen LogP contribution in [-0.2, 0) is 0 Å². The molecular formula is C24H18N2O4P+. The number of hydrogen-bond acceptors (Lipinski definition) is 4. The third-order valence-electron chi connectivity index (χ3n) is 5.16. The van der Waals surface area contributed by atoms with E-state index < -0.39 is 17.1 Å². The molecule has 31 heavy (non-hydrogen) atoms. The minimum atomic E-state index is -2.71. The molecule has 0 aliphatic carbocycles. The molecule has 152 valence electrons. The number of hydrogen-bond donors (Lipinski definition) is 0. The van der Waals surface area contributed by atoms with Gasteiger partial charge in [-0.2, -0.15) is 0 Å². The van der Waals surface area contributed by atoms with Gasteiger partial charge in [0.15, 0.2) is 12.6 Å². The predicted molar refractivity (Wildman–Crippen MR) is 125 cm³/mol. The van der Waals surface area contributed by atoms with E-state index in [-0.39, 0.29) is 11.4 Å². The van der Waals surface area contributed by atoms with E-state index in [0.717, 1.165) is 22.0 Å². The maximum atomic E-state index is 12.1. The summed E-state index contributed by atoms with van der Waals surface area (Å²) in [6.07, 6.45) is 0. The van der Waals surface area contributed by atoms with E-state index >= 15 is 0 Å². The number of nitrogens with zero attached hydrogens (tertiary/aromatic N) is 2. The largest absolute Gasteiger partial charge is 0.319 e. The molecule has 0 radical (unpaired) electrons. The average molecular weight is 429 g/mol. The van der Waals surface area contributed by atoms with Crippen molar-refractivity contribution < 1.29 is 9.85 Å². The van der Waals surface area contributed by atoms with E-state index in [4.69, 9.17) is 0 Å². The molecule has 0 unspecified atom stereocenters. The van der Waals surface area contributed by atoms with E-state index in [1.165, 1.54) is 6.07 Å². The van der Waals surface area contributed by atoms with Crippen LogP contribution in [0.4, 0.5) is 11.4 Å². The molecule has 0 aliphatic rings. The third kappa shape index (κ3) is 3.58. The summed E-state index contributed by atoms with van der Waals surface area (Å²) in [5.74, 6) is 0. The summed E-state index contributed by atoms with van der Waals surface area (Å²) in [6, 6.07) is 33.0. The molecule has 0 fully saturated rings. The molecule has 0 heterocycles. The van der Waals surface area contributed by atoms with E-state index in [9.17, 15) is 20.2 Å². The number of non-ortho nitro benzene ring substituents is 1. The summed E-state index contributed by atoms with van der Waals surface area (Å²) in [5, 5.41) is 26.8. The molecule has 0 saturated heterocycles. The van der Waals surface area contributed by atoms with Gasteiger partial charge in [0.2, 0.25) is 0 Å². The minimum Gasteiger partial charge on any atom is -0.258 e. The van der Waals surface area contributed by atoms with Crippen LogP contribution in [0.2, 0.25) is 0 Å². The third-order valence-corrected chi connectivity index (χ3v) is 9.48. The lowest BCUT2D eigenvalue weighted by molar-refractivity contribution is -0.393. The molecule has 4 rings (SSSR count). The smallest absolute Gasteiger partial charge is 0.258 e. The first kappa shape index (κ1) is 20.4. The fourth-order valence-corrected chi connectivity index (χ4v) is 8.25. The van der Waals surface area contributed by atoms with Gasteiger partial charge in [-0.3, -0.25) is 20.2 Å². The summed E-state index contributed by atoms with van der Waals surface area (Å²) >= 11 is 0. The molecule has 0 aliphatic heterocycles. The molecule has 0 N–H and O–H groups in total. The second kappa shape index (κ2) is 8.46. The van der Waals surface area contributed by atoms with Gasteiger partial charge in [0.25, 0.3) is 5.69 Å². The highest BCUT2D eigenvalue weighted by molar-refractivity contribution is 8.01. The SMILES string of the molecule is O=[N+]([O-])c1ccc([P+](c2ccccc2)(c2ccccc2)c2ccccc2)c([N+](=O)[O-])c1. The molecule has 7 heteroatoms. The number of nitro groups is 2. The molecular weight excluding hydrogens is 411 g/mol. The lowest BCUT2D eigenvalue weighted by atomic mass is 10.3. The van der Waals surface area contributed by atoms with E-state index in [1.54, 1.807) is 6.07 Å². The van der Waals surface area contributed by atoms with Gasteiger partial charge in [0.05, 0.1) is 15.9 Å². The average Bonchev–Trinajstić information content (AvgIpc) is 2.82. The first-order valence-corrected chi connectivity index (χ1v) is 11.3. The van der Waals surface area contributed by atoms with Crippen LogP contribution < -0.4 is 21.2 Å². The minimum absolute atomic E-state index is 0.251. The lowest BCUT2D eigenvalue weighted by Crippen LogP contribution is -2.39. The van der Waals surface area contributed by atoms with E-state index in [2.05, 4.69) is 0 Å². The molecule has 0 aromatic heterocycles. The highest BCUT2D eigenvalue weighted by atomic mass is 31.2. The van der Waals surface area contributed by atoms with Gasteiger partial charge in [-0.05, 0) is 42.5 Å². The van der Waals surface area contributed by atoms with Crippen molar-refractivity contribution in [3.63, 3.8) is 0 Å². The second-order valence-corrected chi connectivity index (χ2v) is 10.2. The molecule has 6 nitrogen and oxygen atoms in total. The van der Waals surface area contributed by atoms with Crippen LogP contribution in [0, 0.1) is 20.2 Å². The van der Waals surface area contributed by atoms with E-state index in [0.29, 0.717) is 5.30 Å². The van der Waals surface area contributed by atoms with Crippen LogP contribution in [0.25, 0.3) is 0 Å². The van der Waals surface area contributed by atoms with Crippen molar-refractivity contribution in [1.82, 2.24) is 0 Å². The van der Waals surface area contributed by atoms with Crippen molar-refractivity contribution in [2.24, 2.45) is 0 Å². The maximum Gasteiger partial charge on any atom is 0.319 e. The Hall–Kier alpha value is -3.89. The Morgan fingerprint density at radius 2 is 0.968 bits per heavy atom. The Balaban J connectivity index is 2.19. The molecule has 0 bridgehead atoms. The quantitative estimate of drug-likeness (QED) is 0.262. The monoisotopic (exact) mass is 429 g/mol. The Morgan fingerprint density at radius 3 is 1.32 bits per heavy atom. The van der Waals surface area contributed by atoms with Crippen molar-refractivity contribution in [2.75, 3.05) is 0 Å². The normalized spacial score (nSPS) is 11.1. The molecule has 0 spiro atoms. The first-order chi connectivity index (χ1) is 15.0. The van der Waals surface area contributed by atoms with Gasteiger partial charge in [0.1, 0.15) is 15.9 Å². The summed E-state index contributed by atoms with van der Waals surface area (Å²) < 4.78 is 0. The summed E-state index contributed by atoms with van der Waals surface area (Å²) in [4.78, 5) is 22.3.